The fraction of sp³-hybridized carbons (Fsp3) is 0.474. The first-order valence-corrected chi connectivity index (χ1v) is 10.7. The fourth-order valence-electron chi connectivity index (χ4n) is 3.23. The zero-order chi connectivity index (χ0) is 18.7. The van der Waals surface area contributed by atoms with Crippen LogP contribution in [0.3, 0.4) is 0 Å². The molecule has 1 aliphatic rings. The molecule has 0 aliphatic carbocycles. The van der Waals surface area contributed by atoms with Gasteiger partial charge in [0.1, 0.15) is 11.5 Å². The molecule has 1 aliphatic heterocycles. The molecular formula is C19H27N3O3S. The van der Waals surface area contributed by atoms with Gasteiger partial charge in [-0.15, -0.1) is 0 Å². The highest BCUT2D eigenvalue weighted by Gasteiger charge is 2.24. The third kappa shape index (κ3) is 4.66. The summed E-state index contributed by atoms with van der Waals surface area (Å²) in [7, 11) is -1.64. The molecule has 2 heterocycles. The highest BCUT2D eigenvalue weighted by Crippen LogP contribution is 2.21. The minimum Gasteiger partial charge on any atom is -0.463 e. The maximum atomic E-state index is 11.5. The van der Waals surface area contributed by atoms with Gasteiger partial charge in [0.15, 0.2) is 0 Å². The van der Waals surface area contributed by atoms with Gasteiger partial charge >= 0.3 is 0 Å². The van der Waals surface area contributed by atoms with Crippen molar-refractivity contribution >= 4 is 15.7 Å². The van der Waals surface area contributed by atoms with E-state index in [1.807, 2.05) is 18.2 Å². The largest absolute Gasteiger partial charge is 0.463 e. The van der Waals surface area contributed by atoms with Crippen LogP contribution >= 0.6 is 0 Å². The number of benzene rings is 1. The zero-order valence-corrected chi connectivity index (χ0v) is 16.4. The molecule has 0 amide bonds. The molecule has 26 heavy (non-hydrogen) atoms. The Hall–Kier alpha value is -1.83. The number of sulfonamides is 1. The number of para-hydroxylation sites is 1. The van der Waals surface area contributed by atoms with Crippen LogP contribution in [-0.2, 0) is 23.1 Å². The second-order valence-electron chi connectivity index (χ2n) is 6.99. The standard InChI is InChI=1S/C19H27N3O3S/c1-16-13-22(17-7-5-4-6-8-17)12-11-21(16)15-19-10-9-18(25-19)14-20(2)26(3,23)24/h4-10,16H,11-15H2,1-3H3. The van der Waals surface area contributed by atoms with Gasteiger partial charge in [-0.3, -0.25) is 4.90 Å². The molecule has 3 rings (SSSR count). The van der Waals surface area contributed by atoms with Gasteiger partial charge in [0, 0.05) is 38.4 Å². The van der Waals surface area contributed by atoms with Crippen molar-refractivity contribution in [2.24, 2.45) is 0 Å². The number of piperazine rings is 1. The summed E-state index contributed by atoms with van der Waals surface area (Å²) >= 11 is 0. The van der Waals surface area contributed by atoms with Gasteiger partial charge in [-0.1, -0.05) is 18.2 Å². The molecule has 6 nitrogen and oxygen atoms in total. The lowest BCUT2D eigenvalue weighted by molar-refractivity contribution is 0.166. The number of hydrogen-bond donors (Lipinski definition) is 0. The number of hydrogen-bond acceptors (Lipinski definition) is 5. The molecule has 142 valence electrons. The molecule has 1 aromatic carbocycles. The molecule has 1 fully saturated rings. The predicted octanol–water partition coefficient (Wildman–Crippen LogP) is 2.38. The highest BCUT2D eigenvalue weighted by molar-refractivity contribution is 7.88. The summed E-state index contributed by atoms with van der Waals surface area (Å²) < 4.78 is 30.2. The molecule has 1 aromatic heterocycles. The lowest BCUT2D eigenvalue weighted by Crippen LogP contribution is -2.51. The normalized spacial score (nSPS) is 19.2. The Balaban J connectivity index is 1.57. The van der Waals surface area contributed by atoms with Crippen LogP contribution in [0.1, 0.15) is 18.4 Å². The summed E-state index contributed by atoms with van der Waals surface area (Å²) in [5, 5.41) is 0. The van der Waals surface area contributed by atoms with Gasteiger partial charge in [0.25, 0.3) is 0 Å². The number of furan rings is 1. The van der Waals surface area contributed by atoms with Crippen LogP contribution in [0.25, 0.3) is 0 Å². The Morgan fingerprint density at radius 3 is 2.46 bits per heavy atom. The zero-order valence-electron chi connectivity index (χ0n) is 15.6. The minimum absolute atomic E-state index is 0.260. The van der Waals surface area contributed by atoms with Crippen molar-refractivity contribution in [2.45, 2.75) is 26.1 Å². The summed E-state index contributed by atoms with van der Waals surface area (Å²) in [5.74, 6) is 1.55. The molecule has 7 heteroatoms. The maximum Gasteiger partial charge on any atom is 0.211 e. The topological polar surface area (TPSA) is 57.0 Å². The van der Waals surface area contributed by atoms with E-state index in [-0.39, 0.29) is 6.54 Å². The van der Waals surface area contributed by atoms with Gasteiger partial charge in [-0.2, -0.15) is 4.31 Å². The Morgan fingerprint density at radius 1 is 1.12 bits per heavy atom. The van der Waals surface area contributed by atoms with Gasteiger partial charge in [0.2, 0.25) is 10.0 Å². The summed E-state index contributed by atoms with van der Waals surface area (Å²) in [4.78, 5) is 4.82. The van der Waals surface area contributed by atoms with Gasteiger partial charge in [0.05, 0.1) is 19.3 Å². The lowest BCUT2D eigenvalue weighted by atomic mass is 10.1. The quantitative estimate of drug-likeness (QED) is 0.774. The molecule has 0 radical (unpaired) electrons. The first kappa shape index (κ1) is 18.9. The second kappa shape index (κ2) is 7.82. The van der Waals surface area contributed by atoms with Gasteiger partial charge in [-0.25, -0.2) is 8.42 Å². The third-order valence-electron chi connectivity index (χ3n) is 4.91. The lowest BCUT2D eigenvalue weighted by Gasteiger charge is -2.40. The maximum absolute atomic E-state index is 11.5. The molecule has 0 spiro atoms. The Labute approximate surface area is 156 Å². The van der Waals surface area contributed by atoms with Crippen molar-refractivity contribution in [1.82, 2.24) is 9.21 Å². The van der Waals surface area contributed by atoms with Gasteiger partial charge in [-0.05, 0) is 31.2 Å². The molecule has 1 unspecified atom stereocenters. The van der Waals surface area contributed by atoms with E-state index < -0.39 is 10.0 Å². The summed E-state index contributed by atoms with van der Waals surface area (Å²) in [6.45, 7) is 6.17. The van der Waals surface area contributed by atoms with Crippen LogP contribution < -0.4 is 4.90 Å². The van der Waals surface area contributed by atoms with E-state index in [1.165, 1.54) is 16.2 Å². The average molecular weight is 378 g/mol. The first-order valence-electron chi connectivity index (χ1n) is 8.86. The Kier molecular flexibility index (Phi) is 5.70. The molecule has 1 saturated heterocycles. The Bertz CT molecular complexity index is 820. The van der Waals surface area contributed by atoms with Crippen LogP contribution in [0.4, 0.5) is 5.69 Å². The number of nitrogens with zero attached hydrogens (tertiary/aromatic N) is 3. The van der Waals surface area contributed by atoms with Crippen LogP contribution in [0.5, 0.6) is 0 Å². The SMILES string of the molecule is CC1CN(c2ccccc2)CCN1Cc1ccc(CN(C)S(C)(=O)=O)o1. The van der Waals surface area contributed by atoms with Crippen molar-refractivity contribution in [3.8, 4) is 0 Å². The molecule has 0 N–H and O–H groups in total. The number of anilines is 1. The van der Waals surface area contributed by atoms with Crippen molar-refractivity contribution in [1.29, 1.82) is 0 Å². The van der Waals surface area contributed by atoms with Gasteiger partial charge < -0.3 is 9.32 Å². The first-order chi connectivity index (χ1) is 12.3. The van der Waals surface area contributed by atoms with Crippen molar-refractivity contribution in [2.75, 3.05) is 37.8 Å². The number of rotatable bonds is 6. The van der Waals surface area contributed by atoms with Crippen molar-refractivity contribution in [3.05, 3.63) is 54.0 Å². The van der Waals surface area contributed by atoms with E-state index >= 15 is 0 Å². The molecular weight excluding hydrogens is 350 g/mol. The fourth-order valence-corrected chi connectivity index (χ4v) is 3.59. The molecule has 0 bridgehead atoms. The van der Waals surface area contributed by atoms with Crippen LogP contribution in [0.15, 0.2) is 46.9 Å². The minimum atomic E-state index is -3.20. The highest BCUT2D eigenvalue weighted by atomic mass is 32.2. The van der Waals surface area contributed by atoms with E-state index in [1.54, 1.807) is 7.05 Å². The van der Waals surface area contributed by atoms with Crippen LogP contribution in [0, 0.1) is 0 Å². The van der Waals surface area contributed by atoms with Crippen molar-refractivity contribution in [3.63, 3.8) is 0 Å². The van der Waals surface area contributed by atoms with Crippen LogP contribution in [0.2, 0.25) is 0 Å². The van der Waals surface area contributed by atoms with E-state index in [0.717, 1.165) is 31.9 Å². The summed E-state index contributed by atoms with van der Waals surface area (Å²) in [6, 6.07) is 14.7. The predicted molar refractivity (Wildman–Crippen MR) is 104 cm³/mol. The van der Waals surface area contributed by atoms with Crippen LogP contribution in [-0.4, -0.2) is 56.6 Å². The van der Waals surface area contributed by atoms with E-state index in [9.17, 15) is 8.42 Å². The molecule has 0 saturated carbocycles. The van der Waals surface area contributed by atoms with E-state index in [0.29, 0.717) is 11.8 Å². The molecule has 1 atom stereocenters. The average Bonchev–Trinajstić information content (AvgIpc) is 3.03. The second-order valence-corrected chi connectivity index (χ2v) is 9.08. The van der Waals surface area contributed by atoms with E-state index in [2.05, 4.69) is 41.0 Å². The summed E-state index contributed by atoms with van der Waals surface area (Å²) in [5.41, 5.74) is 1.27. The van der Waals surface area contributed by atoms with Crippen molar-refractivity contribution < 1.29 is 12.8 Å². The molecule has 2 aromatic rings. The Morgan fingerprint density at radius 2 is 1.81 bits per heavy atom. The smallest absolute Gasteiger partial charge is 0.211 e. The van der Waals surface area contributed by atoms with E-state index in [4.69, 9.17) is 4.42 Å². The third-order valence-corrected chi connectivity index (χ3v) is 6.17. The summed E-state index contributed by atoms with van der Waals surface area (Å²) in [6.07, 6.45) is 1.20. The monoisotopic (exact) mass is 377 g/mol.